The number of anilines is 1. The highest BCUT2D eigenvalue weighted by Gasteiger charge is 2.28. The molecule has 0 unspecified atom stereocenters. The highest BCUT2D eigenvalue weighted by Crippen LogP contribution is 2.22. The summed E-state index contributed by atoms with van der Waals surface area (Å²) in [5.74, 6) is -0.562. The summed E-state index contributed by atoms with van der Waals surface area (Å²) in [7, 11) is 1.29. The van der Waals surface area contributed by atoms with E-state index in [2.05, 4.69) is 0 Å². The van der Waals surface area contributed by atoms with Gasteiger partial charge in [-0.1, -0.05) is 11.6 Å². The molecule has 0 saturated heterocycles. The smallest absolute Gasteiger partial charge is 0.390 e. The molecule has 0 aliphatic carbocycles. The molecule has 0 heterocycles. The largest absolute Gasteiger partial charge is 0.398 e. The molecule has 1 rings (SSSR count). The summed E-state index contributed by atoms with van der Waals surface area (Å²) in [5.41, 5.74) is 5.88. The Bertz CT molecular complexity index is 448. The molecule has 0 atom stereocenters. The quantitative estimate of drug-likeness (QED) is 0.865. The molecule has 18 heavy (non-hydrogen) atoms. The van der Waals surface area contributed by atoms with Crippen molar-refractivity contribution in [1.82, 2.24) is 4.90 Å². The van der Waals surface area contributed by atoms with Gasteiger partial charge >= 0.3 is 6.18 Å². The van der Waals surface area contributed by atoms with E-state index in [-0.39, 0.29) is 11.3 Å². The summed E-state index contributed by atoms with van der Waals surface area (Å²) in [5, 5.41) is 0.363. The number of halogens is 4. The van der Waals surface area contributed by atoms with Gasteiger partial charge in [0, 0.05) is 24.3 Å². The van der Waals surface area contributed by atoms with Gasteiger partial charge in [-0.15, -0.1) is 0 Å². The lowest BCUT2D eigenvalue weighted by atomic mass is 10.1. The fourth-order valence-electron chi connectivity index (χ4n) is 1.33. The molecule has 0 radical (unpaired) electrons. The first-order valence-corrected chi connectivity index (χ1v) is 5.46. The fourth-order valence-corrected chi connectivity index (χ4v) is 1.51. The average Bonchev–Trinajstić information content (AvgIpc) is 2.24. The Morgan fingerprint density at radius 3 is 2.56 bits per heavy atom. The number of carbonyl (C=O) groups excluding carboxylic acids is 1. The summed E-state index contributed by atoms with van der Waals surface area (Å²) in [6, 6.07) is 4.24. The molecule has 0 fully saturated rings. The van der Waals surface area contributed by atoms with Gasteiger partial charge in [-0.3, -0.25) is 4.79 Å². The third-order valence-electron chi connectivity index (χ3n) is 2.32. The van der Waals surface area contributed by atoms with Gasteiger partial charge in [0.05, 0.1) is 12.0 Å². The van der Waals surface area contributed by atoms with E-state index in [0.717, 1.165) is 4.90 Å². The van der Waals surface area contributed by atoms with Crippen LogP contribution in [0.5, 0.6) is 0 Å². The number of carbonyl (C=O) groups is 1. The van der Waals surface area contributed by atoms with Crippen molar-refractivity contribution in [3.63, 3.8) is 0 Å². The van der Waals surface area contributed by atoms with E-state index < -0.39 is 25.0 Å². The number of nitrogens with zero attached hydrogens (tertiary/aromatic N) is 1. The molecule has 7 heteroatoms. The molecule has 3 nitrogen and oxygen atoms in total. The zero-order valence-electron chi connectivity index (χ0n) is 9.59. The summed E-state index contributed by atoms with van der Waals surface area (Å²) in [4.78, 5) is 12.8. The Hall–Kier alpha value is -1.43. The number of hydrogen-bond acceptors (Lipinski definition) is 2. The first-order valence-electron chi connectivity index (χ1n) is 5.08. The molecule has 1 amide bonds. The summed E-state index contributed by atoms with van der Waals surface area (Å²) in [6.45, 7) is -0.412. The van der Waals surface area contributed by atoms with Gasteiger partial charge in [0.1, 0.15) is 0 Å². The third-order valence-corrected chi connectivity index (χ3v) is 2.56. The number of alkyl halides is 3. The van der Waals surface area contributed by atoms with Crippen molar-refractivity contribution < 1.29 is 18.0 Å². The van der Waals surface area contributed by atoms with Crippen molar-refractivity contribution in [2.24, 2.45) is 0 Å². The first kappa shape index (κ1) is 14.6. The monoisotopic (exact) mass is 280 g/mol. The minimum atomic E-state index is -4.29. The molecule has 0 saturated carbocycles. The minimum Gasteiger partial charge on any atom is -0.398 e. The molecule has 0 spiro atoms. The van der Waals surface area contributed by atoms with Crippen LogP contribution in [0.4, 0.5) is 18.9 Å². The van der Waals surface area contributed by atoms with Crippen LogP contribution in [-0.2, 0) is 0 Å². The van der Waals surface area contributed by atoms with Crippen LogP contribution in [0.15, 0.2) is 18.2 Å². The van der Waals surface area contributed by atoms with Crippen LogP contribution >= 0.6 is 11.6 Å². The number of nitrogens with two attached hydrogens (primary N) is 1. The van der Waals surface area contributed by atoms with Gasteiger partial charge in [0.25, 0.3) is 5.91 Å². The SMILES string of the molecule is CN(CCC(F)(F)F)C(=O)c1ccc(Cl)cc1N. The minimum absolute atomic E-state index is 0.143. The molecule has 1 aromatic rings. The van der Waals surface area contributed by atoms with Crippen LogP contribution in [-0.4, -0.2) is 30.6 Å². The summed E-state index contributed by atoms with van der Waals surface area (Å²) < 4.78 is 36.1. The van der Waals surface area contributed by atoms with Gasteiger partial charge in [-0.25, -0.2) is 0 Å². The zero-order chi connectivity index (χ0) is 13.9. The Morgan fingerprint density at radius 1 is 1.44 bits per heavy atom. The molecule has 0 aliphatic heterocycles. The molecule has 0 aromatic heterocycles. The normalized spacial score (nSPS) is 11.4. The van der Waals surface area contributed by atoms with Crippen molar-refractivity contribution >= 4 is 23.2 Å². The van der Waals surface area contributed by atoms with E-state index in [0.29, 0.717) is 5.02 Å². The molecule has 0 bridgehead atoms. The highest BCUT2D eigenvalue weighted by atomic mass is 35.5. The second-order valence-corrected chi connectivity index (χ2v) is 4.26. The maximum absolute atomic E-state index is 12.0. The van der Waals surface area contributed by atoms with Crippen molar-refractivity contribution in [2.45, 2.75) is 12.6 Å². The molecule has 100 valence electrons. The molecule has 0 aliphatic rings. The number of amides is 1. The zero-order valence-corrected chi connectivity index (χ0v) is 10.3. The maximum atomic E-state index is 12.0. The van der Waals surface area contributed by atoms with Crippen LogP contribution in [0, 0.1) is 0 Å². The van der Waals surface area contributed by atoms with E-state index in [1.54, 1.807) is 0 Å². The van der Waals surface area contributed by atoms with Crippen LogP contribution in [0.3, 0.4) is 0 Å². The van der Waals surface area contributed by atoms with Crippen molar-refractivity contribution in [3.8, 4) is 0 Å². The Balaban J connectivity index is 2.74. The maximum Gasteiger partial charge on any atom is 0.390 e. The fraction of sp³-hybridized carbons (Fsp3) is 0.364. The summed E-state index contributed by atoms with van der Waals surface area (Å²) >= 11 is 5.67. The number of nitrogen functional groups attached to an aromatic ring is 1. The van der Waals surface area contributed by atoms with Crippen LogP contribution in [0.25, 0.3) is 0 Å². The van der Waals surface area contributed by atoms with Crippen molar-refractivity contribution in [3.05, 3.63) is 28.8 Å². The Kier molecular flexibility index (Phi) is 4.45. The molecule has 2 N–H and O–H groups in total. The lowest BCUT2D eigenvalue weighted by Gasteiger charge is -2.19. The van der Waals surface area contributed by atoms with Crippen LogP contribution < -0.4 is 5.73 Å². The van der Waals surface area contributed by atoms with Gasteiger partial charge in [0.15, 0.2) is 0 Å². The predicted molar refractivity (Wildman–Crippen MR) is 63.5 cm³/mol. The topological polar surface area (TPSA) is 46.3 Å². The van der Waals surface area contributed by atoms with Crippen molar-refractivity contribution in [2.75, 3.05) is 19.3 Å². The van der Waals surface area contributed by atoms with Crippen LogP contribution in [0.2, 0.25) is 5.02 Å². The van der Waals surface area contributed by atoms with E-state index in [9.17, 15) is 18.0 Å². The molecular weight excluding hydrogens is 269 g/mol. The second kappa shape index (κ2) is 5.48. The van der Waals surface area contributed by atoms with Crippen molar-refractivity contribution in [1.29, 1.82) is 0 Å². The van der Waals surface area contributed by atoms with E-state index in [1.807, 2.05) is 0 Å². The summed E-state index contributed by atoms with van der Waals surface area (Å²) in [6.07, 6.45) is -5.34. The second-order valence-electron chi connectivity index (χ2n) is 3.82. The lowest BCUT2D eigenvalue weighted by molar-refractivity contribution is -0.136. The average molecular weight is 281 g/mol. The van der Waals surface area contributed by atoms with E-state index in [4.69, 9.17) is 17.3 Å². The standard InChI is InChI=1S/C11H12ClF3N2O/c1-17(5-4-11(13,14)15)10(18)8-3-2-7(12)6-9(8)16/h2-3,6H,4-5,16H2,1H3. The Labute approximate surface area is 107 Å². The van der Waals surface area contributed by atoms with Crippen LogP contribution in [0.1, 0.15) is 16.8 Å². The number of benzene rings is 1. The lowest BCUT2D eigenvalue weighted by Crippen LogP contribution is -2.31. The van der Waals surface area contributed by atoms with Gasteiger partial charge in [-0.05, 0) is 18.2 Å². The molecule has 1 aromatic carbocycles. The van der Waals surface area contributed by atoms with Gasteiger partial charge in [0.2, 0.25) is 0 Å². The number of hydrogen-bond donors (Lipinski definition) is 1. The third kappa shape index (κ3) is 4.10. The Morgan fingerprint density at radius 2 is 2.06 bits per heavy atom. The molecular formula is C11H12ClF3N2O. The first-order chi connectivity index (χ1) is 8.20. The van der Waals surface area contributed by atoms with Gasteiger partial charge in [-0.2, -0.15) is 13.2 Å². The highest BCUT2D eigenvalue weighted by molar-refractivity contribution is 6.31. The predicted octanol–water partition coefficient (Wildman–Crippen LogP) is 2.95. The number of rotatable bonds is 3. The van der Waals surface area contributed by atoms with E-state index >= 15 is 0 Å². The van der Waals surface area contributed by atoms with Gasteiger partial charge < -0.3 is 10.6 Å². The van der Waals surface area contributed by atoms with E-state index in [1.165, 1.54) is 25.2 Å².